The maximum Gasteiger partial charge on any atom is 0.108 e. The smallest absolute Gasteiger partial charge is 0.0779 e. The summed E-state index contributed by atoms with van der Waals surface area (Å²) < 4.78 is 0. The number of rotatable bonds is 2. The summed E-state index contributed by atoms with van der Waals surface area (Å²) in [5.41, 5.74) is 4.22. The molecule has 0 spiro atoms. The molecule has 0 saturated heterocycles. The van der Waals surface area contributed by atoms with Gasteiger partial charge in [0.05, 0.1) is 0 Å². The third kappa shape index (κ3) is 2.44. The molecule has 0 amide bonds. The molecule has 0 fully saturated rings. The van der Waals surface area contributed by atoms with Crippen LogP contribution in [0.25, 0.3) is 0 Å². The predicted octanol–water partition coefficient (Wildman–Crippen LogP) is 4.03. The summed E-state index contributed by atoms with van der Waals surface area (Å²) in [6, 6.07) is 7.03. The van der Waals surface area contributed by atoms with Gasteiger partial charge in [-0.1, -0.05) is 70.5 Å². The molecule has 0 bridgehead atoms. The lowest BCUT2D eigenvalue weighted by atomic mass is 10.2. The molecule has 0 atom stereocenters. The monoisotopic (exact) mass is 242 g/mol. The minimum atomic E-state index is -1.44. The zero-order valence-electron chi connectivity index (χ0n) is 11.6. The molecule has 1 aromatic rings. The van der Waals surface area contributed by atoms with Crippen molar-refractivity contribution in [1.82, 2.24) is 0 Å². The number of hydrogen-bond donors (Lipinski definition) is 0. The van der Waals surface area contributed by atoms with Crippen LogP contribution in [0.4, 0.5) is 0 Å². The highest BCUT2D eigenvalue weighted by atomic mass is 28.3. The Labute approximate surface area is 106 Å². The van der Waals surface area contributed by atoms with Crippen molar-refractivity contribution in [3.63, 3.8) is 0 Å². The quantitative estimate of drug-likeness (QED) is 0.687. The highest BCUT2D eigenvalue weighted by Crippen LogP contribution is 2.26. The van der Waals surface area contributed by atoms with Gasteiger partial charge in [0.2, 0.25) is 0 Å². The van der Waals surface area contributed by atoms with Crippen LogP contribution in [0, 0.1) is 13.8 Å². The van der Waals surface area contributed by atoms with Gasteiger partial charge in [-0.15, -0.1) is 0 Å². The summed E-state index contributed by atoms with van der Waals surface area (Å²) >= 11 is 0. The molecule has 0 saturated carbocycles. The average molecular weight is 242 g/mol. The van der Waals surface area contributed by atoms with Crippen molar-refractivity contribution < 1.29 is 0 Å². The maximum atomic E-state index is 2.47. The molecule has 0 heterocycles. The van der Waals surface area contributed by atoms with Crippen molar-refractivity contribution in [3.05, 3.63) is 52.2 Å². The molecule has 1 aromatic carbocycles. The summed E-state index contributed by atoms with van der Waals surface area (Å²) in [7, 11) is -1.44. The fourth-order valence-electron chi connectivity index (χ4n) is 2.62. The van der Waals surface area contributed by atoms with Gasteiger partial charge in [0.1, 0.15) is 8.07 Å². The highest BCUT2D eigenvalue weighted by Gasteiger charge is 2.29. The van der Waals surface area contributed by atoms with Crippen molar-refractivity contribution in [3.8, 4) is 0 Å². The van der Waals surface area contributed by atoms with Crippen molar-refractivity contribution >= 4 is 13.3 Å². The molecule has 0 aliphatic heterocycles. The molecule has 2 rings (SSSR count). The molecule has 17 heavy (non-hydrogen) atoms. The minimum absolute atomic E-state index is 1.16. The zero-order valence-corrected chi connectivity index (χ0v) is 12.6. The summed E-state index contributed by atoms with van der Waals surface area (Å²) in [4.78, 5) is 0. The molecule has 0 unspecified atom stereocenters. The third-order valence-electron chi connectivity index (χ3n) is 3.79. The van der Waals surface area contributed by atoms with E-state index in [-0.39, 0.29) is 0 Å². The van der Waals surface area contributed by atoms with E-state index in [0.29, 0.717) is 0 Å². The Morgan fingerprint density at radius 1 is 0.941 bits per heavy atom. The predicted molar refractivity (Wildman–Crippen MR) is 79.5 cm³/mol. The van der Waals surface area contributed by atoms with Gasteiger partial charge in [0.15, 0.2) is 0 Å². The number of hydrogen-bond acceptors (Lipinski definition) is 0. The van der Waals surface area contributed by atoms with Gasteiger partial charge in [-0.25, -0.2) is 0 Å². The van der Waals surface area contributed by atoms with E-state index in [1.165, 1.54) is 16.7 Å². The first-order valence-electron chi connectivity index (χ1n) is 6.36. The molecule has 0 N–H and O–H groups in total. The highest BCUT2D eigenvalue weighted by molar-refractivity contribution is 6.95. The van der Waals surface area contributed by atoms with Crippen molar-refractivity contribution in [2.75, 3.05) is 0 Å². The number of allylic oxidation sites excluding steroid dienone is 4. The lowest BCUT2D eigenvalue weighted by Gasteiger charge is -2.26. The van der Waals surface area contributed by atoms with E-state index >= 15 is 0 Å². The Hall–Kier alpha value is -1.08. The van der Waals surface area contributed by atoms with E-state index in [1.54, 1.807) is 10.4 Å². The molecule has 1 aliphatic carbocycles. The van der Waals surface area contributed by atoms with Crippen LogP contribution >= 0.6 is 0 Å². The lowest BCUT2D eigenvalue weighted by molar-refractivity contribution is 1.34. The summed E-state index contributed by atoms with van der Waals surface area (Å²) in [6.07, 6.45) is 5.93. The van der Waals surface area contributed by atoms with Gasteiger partial charge in [-0.05, 0) is 27.2 Å². The molecular weight excluding hydrogens is 220 g/mol. The first-order valence-corrected chi connectivity index (χ1v) is 9.36. The van der Waals surface area contributed by atoms with E-state index in [4.69, 9.17) is 0 Å². The van der Waals surface area contributed by atoms with Crippen LogP contribution in [0.5, 0.6) is 0 Å². The van der Waals surface area contributed by atoms with Gasteiger partial charge < -0.3 is 0 Å². The Morgan fingerprint density at radius 3 is 2.00 bits per heavy atom. The van der Waals surface area contributed by atoms with Gasteiger partial charge >= 0.3 is 0 Å². The molecule has 0 radical (unpaired) electrons. The van der Waals surface area contributed by atoms with Gasteiger partial charge in [0, 0.05) is 0 Å². The summed E-state index contributed by atoms with van der Waals surface area (Å²) in [5, 5.41) is 3.24. The molecule has 90 valence electrons. The SMILES string of the molecule is CC1=CCC([Si](C)(C)c2cc(C)cc(C)c2)=C1. The van der Waals surface area contributed by atoms with E-state index in [1.807, 2.05) is 0 Å². The molecule has 0 nitrogen and oxygen atoms in total. The van der Waals surface area contributed by atoms with E-state index in [9.17, 15) is 0 Å². The Balaban J connectivity index is 2.41. The summed E-state index contributed by atoms with van der Waals surface area (Å²) in [6.45, 7) is 11.6. The fraction of sp³-hybridized carbons (Fsp3) is 0.375. The van der Waals surface area contributed by atoms with E-state index in [2.05, 4.69) is 64.2 Å². The molecule has 1 heteroatoms. The van der Waals surface area contributed by atoms with Crippen molar-refractivity contribution in [2.45, 2.75) is 40.3 Å². The van der Waals surface area contributed by atoms with Crippen molar-refractivity contribution in [2.24, 2.45) is 0 Å². The van der Waals surface area contributed by atoms with Gasteiger partial charge in [0.25, 0.3) is 0 Å². The third-order valence-corrected chi connectivity index (χ3v) is 7.48. The van der Waals surface area contributed by atoms with Gasteiger partial charge in [-0.3, -0.25) is 0 Å². The fourth-order valence-corrected chi connectivity index (χ4v) is 5.37. The van der Waals surface area contributed by atoms with Crippen LogP contribution in [-0.2, 0) is 0 Å². The Morgan fingerprint density at radius 2 is 1.53 bits per heavy atom. The number of aryl methyl sites for hydroxylation is 2. The maximum absolute atomic E-state index is 2.47. The topological polar surface area (TPSA) is 0 Å². The van der Waals surface area contributed by atoms with Crippen molar-refractivity contribution in [1.29, 1.82) is 0 Å². The zero-order chi connectivity index (χ0) is 12.6. The normalized spacial score (nSPS) is 15.8. The van der Waals surface area contributed by atoms with Gasteiger partial charge in [-0.2, -0.15) is 0 Å². The van der Waals surface area contributed by atoms with Crippen LogP contribution < -0.4 is 5.19 Å². The molecule has 0 aromatic heterocycles. The molecule has 1 aliphatic rings. The first-order chi connectivity index (χ1) is 7.89. The second-order valence-electron chi connectivity index (χ2n) is 5.82. The first kappa shape index (κ1) is 12.4. The van der Waals surface area contributed by atoms with Crippen LogP contribution in [0.2, 0.25) is 13.1 Å². The van der Waals surface area contributed by atoms with E-state index < -0.39 is 8.07 Å². The van der Waals surface area contributed by atoms with E-state index in [0.717, 1.165) is 6.42 Å². The van der Waals surface area contributed by atoms with Crippen LogP contribution in [0.3, 0.4) is 0 Å². The summed E-state index contributed by atoms with van der Waals surface area (Å²) in [5.74, 6) is 0. The Kier molecular flexibility index (Phi) is 3.13. The Bertz CT molecular complexity index is 484. The standard InChI is InChI=1S/C16H22Si/c1-12-6-7-15(9-12)17(4,5)16-10-13(2)8-14(3)11-16/h6,8-11H,7H2,1-5H3. The second-order valence-corrected chi connectivity index (χ2v) is 10.3. The molecular formula is C16H22Si. The number of benzene rings is 1. The largest absolute Gasteiger partial charge is 0.108 e. The van der Waals surface area contributed by atoms with Crippen LogP contribution in [-0.4, -0.2) is 8.07 Å². The van der Waals surface area contributed by atoms with Crippen LogP contribution in [0.1, 0.15) is 24.5 Å². The lowest BCUT2D eigenvalue weighted by Crippen LogP contribution is -2.43. The average Bonchev–Trinajstić information content (AvgIpc) is 2.64. The second kappa shape index (κ2) is 4.30. The minimum Gasteiger partial charge on any atom is -0.0779 e. The van der Waals surface area contributed by atoms with Crippen LogP contribution in [0.15, 0.2) is 41.1 Å².